The van der Waals surface area contributed by atoms with Gasteiger partial charge in [0, 0.05) is 59.5 Å². The average Bonchev–Trinajstić information content (AvgIpc) is 3.92. The minimum atomic E-state index is -0.805. The molecule has 0 aliphatic carbocycles. The van der Waals surface area contributed by atoms with Crippen LogP contribution in [-0.4, -0.2) is 94.6 Å². The molecule has 4 aliphatic rings. The zero-order valence-corrected chi connectivity index (χ0v) is 34.8. The summed E-state index contributed by atoms with van der Waals surface area (Å²) in [6.45, 7) is 16.6. The second-order valence-corrected chi connectivity index (χ2v) is 18.8. The van der Waals surface area contributed by atoms with Crippen LogP contribution in [0.1, 0.15) is 84.4 Å². The molecule has 2 unspecified atom stereocenters. The van der Waals surface area contributed by atoms with E-state index in [4.69, 9.17) is 28.9 Å². The highest BCUT2D eigenvalue weighted by atomic mass is 32.1. The number of thiophene rings is 1. The number of rotatable bonds is 7. The van der Waals surface area contributed by atoms with Gasteiger partial charge in [-0.15, -0.1) is 11.3 Å². The number of aromatic nitrogens is 2. The highest BCUT2D eigenvalue weighted by Gasteiger charge is 2.45. The third-order valence-electron chi connectivity index (χ3n) is 11.1. The monoisotopic (exact) mass is 817 g/mol. The van der Waals surface area contributed by atoms with Gasteiger partial charge in [-0.25, -0.2) is 18.4 Å². The Bertz CT molecular complexity index is 2340. The Morgan fingerprint density at radius 1 is 0.966 bits per heavy atom. The Morgan fingerprint density at radius 3 is 2.33 bits per heavy atom. The quantitative estimate of drug-likeness (QED) is 0.192. The van der Waals surface area contributed by atoms with Crippen molar-refractivity contribution in [2.45, 2.75) is 104 Å². The van der Waals surface area contributed by atoms with E-state index in [9.17, 15) is 14.9 Å². The molecule has 2 aromatic heterocycles. The first kappa shape index (κ1) is 40.0. The van der Waals surface area contributed by atoms with Crippen LogP contribution in [-0.2, 0) is 27.4 Å². The van der Waals surface area contributed by atoms with E-state index in [1.807, 2.05) is 20.8 Å². The molecule has 8 rings (SSSR count). The Morgan fingerprint density at radius 2 is 1.67 bits per heavy atom. The van der Waals surface area contributed by atoms with E-state index in [2.05, 4.69) is 28.1 Å². The number of halogens is 2. The van der Waals surface area contributed by atoms with E-state index in [0.717, 1.165) is 43.7 Å². The van der Waals surface area contributed by atoms with Crippen molar-refractivity contribution in [2.24, 2.45) is 5.92 Å². The Hall–Kier alpha value is -4.85. The van der Waals surface area contributed by atoms with Crippen LogP contribution < -0.4 is 15.0 Å². The number of carbonyl (C=O) groups is 2. The Labute approximate surface area is 340 Å². The number of amides is 2. The van der Waals surface area contributed by atoms with Gasteiger partial charge in [0.15, 0.2) is 5.82 Å². The summed E-state index contributed by atoms with van der Waals surface area (Å²) in [4.78, 5) is 42.0. The molecule has 4 aliphatic heterocycles. The van der Waals surface area contributed by atoms with Crippen LogP contribution in [0.25, 0.3) is 32.1 Å². The first-order valence-electron chi connectivity index (χ1n) is 19.9. The molecule has 3 fully saturated rings. The standard InChI is InChI=1S/C42H49F2N7O6S/c1-22-12-13-49(17-22)14-15-55-38-46-35-32(36(47-38)51-23-8-9-24(51)19-50(18-23)40(53)57-42(5,6)7)27-21-54-20-26(27)31(34(35)44)33-28(43)10-11-29-30(33)25(16-45)37(58-29)48-39(52)56-41(2,3)4/h10-11,22-24H,8-9,12-15,17-21H2,1-7H3,(H,48,52)/t22-,23?,24?/m0/s1. The molecule has 2 aromatic carbocycles. The predicted octanol–water partition coefficient (Wildman–Crippen LogP) is 8.35. The van der Waals surface area contributed by atoms with Gasteiger partial charge < -0.3 is 28.7 Å². The molecule has 2 amide bonds. The maximum absolute atomic E-state index is 17.8. The molecule has 6 heterocycles. The fraction of sp³-hybridized carbons (Fsp3) is 0.548. The van der Waals surface area contributed by atoms with Gasteiger partial charge in [0.25, 0.3) is 0 Å². The van der Waals surface area contributed by atoms with Crippen LogP contribution in [0.3, 0.4) is 0 Å². The van der Waals surface area contributed by atoms with E-state index in [0.29, 0.717) is 52.6 Å². The molecular formula is C42H49F2N7O6S. The molecule has 13 nitrogen and oxygen atoms in total. The largest absolute Gasteiger partial charge is 0.462 e. The SMILES string of the molecule is C[C@H]1CCN(CCOc2nc(N3C4CCC3CN(C(=O)OC(C)(C)C)C4)c3c4c(c(-c5c(F)ccc6sc(NC(=O)OC(C)(C)C)c(C#N)c56)c(F)c3n2)COC4)C1. The second-order valence-electron chi connectivity index (χ2n) is 17.8. The number of benzene rings is 2. The number of nitriles is 1. The molecule has 0 saturated carbocycles. The summed E-state index contributed by atoms with van der Waals surface area (Å²) < 4.78 is 58.1. The van der Waals surface area contributed by atoms with Gasteiger partial charge in [-0.3, -0.25) is 10.2 Å². The van der Waals surface area contributed by atoms with E-state index >= 15 is 8.78 Å². The van der Waals surface area contributed by atoms with Gasteiger partial charge >= 0.3 is 18.2 Å². The Kier molecular flexibility index (Phi) is 10.4. The smallest absolute Gasteiger partial charge is 0.412 e. The lowest BCUT2D eigenvalue weighted by atomic mass is 9.90. The lowest BCUT2D eigenvalue weighted by Crippen LogP contribution is -2.56. The zero-order chi connectivity index (χ0) is 41.3. The number of hydrogen-bond donors (Lipinski definition) is 1. The minimum Gasteiger partial charge on any atom is -0.462 e. The van der Waals surface area contributed by atoms with E-state index < -0.39 is 28.9 Å². The summed E-state index contributed by atoms with van der Waals surface area (Å²) in [5, 5.41) is 13.9. The van der Waals surface area contributed by atoms with Gasteiger partial charge in [0.05, 0.1) is 24.2 Å². The van der Waals surface area contributed by atoms with Gasteiger partial charge in [-0.05, 0) is 96.5 Å². The predicted molar refractivity (Wildman–Crippen MR) is 216 cm³/mol. The van der Waals surface area contributed by atoms with Crippen molar-refractivity contribution in [2.75, 3.05) is 49.5 Å². The number of ether oxygens (including phenoxy) is 4. The molecular weight excluding hydrogens is 769 g/mol. The molecule has 4 aromatic rings. The third-order valence-corrected chi connectivity index (χ3v) is 12.1. The van der Waals surface area contributed by atoms with Crippen LogP contribution in [0, 0.1) is 28.9 Å². The summed E-state index contributed by atoms with van der Waals surface area (Å²) in [6.07, 6.45) is 1.50. The van der Waals surface area contributed by atoms with Gasteiger partial charge in [0.1, 0.15) is 46.0 Å². The van der Waals surface area contributed by atoms with Crippen LogP contribution in [0.5, 0.6) is 6.01 Å². The first-order valence-corrected chi connectivity index (χ1v) is 20.7. The summed E-state index contributed by atoms with van der Waals surface area (Å²) in [6, 6.07) is 4.57. The summed E-state index contributed by atoms with van der Waals surface area (Å²) in [7, 11) is 0. The Balaban J connectivity index is 1.27. The van der Waals surface area contributed by atoms with E-state index in [1.165, 1.54) is 12.1 Å². The average molecular weight is 818 g/mol. The van der Waals surface area contributed by atoms with Crippen molar-refractivity contribution in [3.63, 3.8) is 0 Å². The summed E-state index contributed by atoms with van der Waals surface area (Å²) in [5.41, 5.74) is -0.681. The fourth-order valence-electron chi connectivity index (χ4n) is 8.73. The van der Waals surface area contributed by atoms with E-state index in [-0.39, 0.29) is 76.6 Å². The highest BCUT2D eigenvalue weighted by molar-refractivity contribution is 7.23. The normalized spacial score (nSPS) is 20.8. The highest BCUT2D eigenvalue weighted by Crippen LogP contribution is 2.49. The number of fused-ring (bicyclic) bond motifs is 6. The number of anilines is 2. The first-order chi connectivity index (χ1) is 27.5. The molecule has 2 bridgehead atoms. The number of carbonyl (C=O) groups excluding carboxylic acids is 2. The van der Waals surface area contributed by atoms with Crippen molar-refractivity contribution >= 4 is 55.3 Å². The molecule has 3 atom stereocenters. The van der Waals surface area contributed by atoms with Crippen molar-refractivity contribution in [1.82, 2.24) is 19.8 Å². The number of hydrogen-bond acceptors (Lipinski definition) is 12. The van der Waals surface area contributed by atoms with Gasteiger partial charge in [0.2, 0.25) is 0 Å². The maximum atomic E-state index is 17.8. The molecule has 16 heteroatoms. The topological polar surface area (TPSA) is 142 Å². The van der Waals surface area contributed by atoms with Crippen molar-refractivity contribution < 1.29 is 37.3 Å². The lowest BCUT2D eigenvalue weighted by molar-refractivity contribution is 0.0209. The number of nitrogens with zero attached hydrogens (tertiary/aromatic N) is 6. The lowest BCUT2D eigenvalue weighted by Gasteiger charge is -2.42. The molecule has 3 saturated heterocycles. The van der Waals surface area contributed by atoms with Crippen LogP contribution in [0.15, 0.2) is 12.1 Å². The molecule has 58 heavy (non-hydrogen) atoms. The van der Waals surface area contributed by atoms with E-state index in [1.54, 1.807) is 25.7 Å². The number of piperazine rings is 1. The van der Waals surface area contributed by atoms with Gasteiger partial charge in [-0.1, -0.05) is 6.92 Å². The number of nitrogens with one attached hydrogen (secondary N) is 1. The van der Waals surface area contributed by atoms with Crippen LogP contribution >= 0.6 is 11.3 Å². The second kappa shape index (κ2) is 15.1. The van der Waals surface area contributed by atoms with Crippen molar-refractivity contribution in [3.8, 4) is 23.2 Å². The van der Waals surface area contributed by atoms with Crippen molar-refractivity contribution in [3.05, 3.63) is 40.5 Å². The zero-order valence-electron chi connectivity index (χ0n) is 34.0. The molecule has 308 valence electrons. The van der Waals surface area contributed by atoms with Crippen molar-refractivity contribution in [1.29, 1.82) is 5.26 Å². The van der Waals surface area contributed by atoms with Crippen LogP contribution in [0.4, 0.5) is 29.2 Å². The third kappa shape index (κ3) is 7.59. The number of likely N-dealkylation sites (tertiary alicyclic amines) is 2. The molecule has 0 spiro atoms. The van der Waals surface area contributed by atoms with Crippen LogP contribution in [0.2, 0.25) is 0 Å². The summed E-state index contributed by atoms with van der Waals surface area (Å²) in [5.74, 6) is -0.480. The maximum Gasteiger partial charge on any atom is 0.412 e. The minimum absolute atomic E-state index is 0.0109. The summed E-state index contributed by atoms with van der Waals surface area (Å²) >= 11 is 1.07. The van der Waals surface area contributed by atoms with Gasteiger partial charge in [-0.2, -0.15) is 15.2 Å². The molecule has 1 N–H and O–H groups in total. The fourth-order valence-corrected chi connectivity index (χ4v) is 9.77. The molecule has 0 radical (unpaired) electrons.